The van der Waals surface area contributed by atoms with Gasteiger partial charge in [0, 0.05) is 17.5 Å². The zero-order valence-electron chi connectivity index (χ0n) is 11.7. The van der Waals surface area contributed by atoms with Crippen molar-refractivity contribution in [3.63, 3.8) is 0 Å². The van der Waals surface area contributed by atoms with Crippen LogP contribution < -0.4 is 5.32 Å². The number of nitrogens with one attached hydrogen (secondary N) is 1. The van der Waals surface area contributed by atoms with Gasteiger partial charge < -0.3 is 5.32 Å². The molecule has 0 spiro atoms. The average Bonchev–Trinajstić information content (AvgIpc) is 2.49. The van der Waals surface area contributed by atoms with Crippen LogP contribution in [0.2, 0.25) is 5.02 Å². The first kappa shape index (κ1) is 17.4. The van der Waals surface area contributed by atoms with Crippen LogP contribution in [0.25, 0.3) is 0 Å². The highest BCUT2D eigenvalue weighted by atomic mass is 35.5. The van der Waals surface area contributed by atoms with Crippen molar-refractivity contribution in [1.29, 1.82) is 0 Å². The topological polar surface area (TPSA) is 63.2 Å². The lowest BCUT2D eigenvalue weighted by Gasteiger charge is -2.07. The normalized spacial score (nSPS) is 11.3. The average molecular weight is 360 g/mol. The molecule has 0 fully saturated rings. The van der Waals surface area contributed by atoms with Crippen LogP contribution in [0.5, 0.6) is 0 Å². The van der Waals surface area contributed by atoms with E-state index in [-0.39, 0.29) is 17.0 Å². The van der Waals surface area contributed by atoms with Crippen LogP contribution in [0, 0.1) is 11.6 Å². The Kier molecular flexibility index (Phi) is 5.33. The van der Waals surface area contributed by atoms with Gasteiger partial charge in [0.15, 0.2) is 9.84 Å². The molecule has 4 nitrogen and oxygen atoms in total. The van der Waals surface area contributed by atoms with Crippen LogP contribution in [0.15, 0.2) is 47.4 Å². The second-order valence-electron chi connectivity index (χ2n) is 4.70. The number of halogens is 3. The number of carbonyl (C=O) groups is 1. The highest BCUT2D eigenvalue weighted by Gasteiger charge is 2.17. The molecule has 2 aromatic carbocycles. The predicted molar refractivity (Wildman–Crippen MR) is 83.1 cm³/mol. The minimum atomic E-state index is -3.65. The van der Waals surface area contributed by atoms with Gasteiger partial charge in [-0.3, -0.25) is 4.79 Å². The molecule has 0 aliphatic rings. The fourth-order valence-corrected chi connectivity index (χ4v) is 3.16. The third-order valence-electron chi connectivity index (χ3n) is 2.98. The maximum absolute atomic E-state index is 13.4. The summed E-state index contributed by atoms with van der Waals surface area (Å²) in [5, 5.41) is 2.60. The van der Waals surface area contributed by atoms with Crippen LogP contribution in [0.3, 0.4) is 0 Å². The SMILES string of the molecule is O=C(CCS(=O)(=O)c1ccc(Cl)cc1)Nc1ccc(F)cc1F. The minimum Gasteiger partial charge on any atom is -0.324 e. The molecule has 0 saturated carbocycles. The van der Waals surface area contributed by atoms with Gasteiger partial charge >= 0.3 is 0 Å². The van der Waals surface area contributed by atoms with Crippen LogP contribution in [0.1, 0.15) is 6.42 Å². The molecule has 1 amide bonds. The van der Waals surface area contributed by atoms with E-state index in [0.29, 0.717) is 11.1 Å². The number of anilines is 1. The van der Waals surface area contributed by atoms with Crippen molar-refractivity contribution >= 4 is 33.0 Å². The van der Waals surface area contributed by atoms with Crippen molar-refractivity contribution in [1.82, 2.24) is 0 Å². The number of benzene rings is 2. The van der Waals surface area contributed by atoms with Crippen molar-refractivity contribution in [2.24, 2.45) is 0 Å². The molecular weight excluding hydrogens is 348 g/mol. The third-order valence-corrected chi connectivity index (χ3v) is 4.96. The third kappa shape index (κ3) is 4.74. The molecule has 2 rings (SSSR count). The van der Waals surface area contributed by atoms with Crippen molar-refractivity contribution < 1.29 is 22.0 Å². The summed E-state index contributed by atoms with van der Waals surface area (Å²) in [4.78, 5) is 11.8. The van der Waals surface area contributed by atoms with E-state index >= 15 is 0 Å². The first-order valence-corrected chi connectivity index (χ1v) is 8.54. The number of amides is 1. The summed E-state index contributed by atoms with van der Waals surface area (Å²) in [7, 11) is -3.65. The molecule has 8 heteroatoms. The Morgan fingerprint density at radius 1 is 1.09 bits per heavy atom. The maximum atomic E-state index is 13.4. The number of hydrogen-bond acceptors (Lipinski definition) is 3. The molecule has 0 aliphatic heterocycles. The molecule has 0 aromatic heterocycles. The lowest BCUT2D eigenvalue weighted by atomic mass is 10.3. The fraction of sp³-hybridized carbons (Fsp3) is 0.133. The molecule has 23 heavy (non-hydrogen) atoms. The maximum Gasteiger partial charge on any atom is 0.225 e. The van der Waals surface area contributed by atoms with E-state index in [0.717, 1.165) is 12.1 Å². The summed E-state index contributed by atoms with van der Waals surface area (Å²) in [6, 6.07) is 8.23. The molecule has 122 valence electrons. The molecule has 2 aromatic rings. The number of carbonyl (C=O) groups excluding carboxylic acids is 1. The largest absolute Gasteiger partial charge is 0.324 e. The van der Waals surface area contributed by atoms with E-state index in [1.165, 1.54) is 24.3 Å². The van der Waals surface area contributed by atoms with E-state index in [1.807, 2.05) is 0 Å². The minimum absolute atomic E-state index is 0.0441. The predicted octanol–water partition coefficient (Wildman–Crippen LogP) is 3.42. The van der Waals surface area contributed by atoms with Gasteiger partial charge in [-0.15, -0.1) is 0 Å². The zero-order chi connectivity index (χ0) is 17.0. The molecule has 0 saturated heterocycles. The summed E-state index contributed by atoms with van der Waals surface area (Å²) in [5.41, 5.74) is -0.208. The van der Waals surface area contributed by atoms with E-state index < -0.39 is 33.1 Å². The molecule has 0 bridgehead atoms. The van der Waals surface area contributed by atoms with Crippen molar-refractivity contribution in [3.05, 3.63) is 59.1 Å². The Bertz CT molecular complexity index is 823. The van der Waals surface area contributed by atoms with Gasteiger partial charge in [0.05, 0.1) is 16.3 Å². The van der Waals surface area contributed by atoms with Gasteiger partial charge in [-0.2, -0.15) is 0 Å². The second kappa shape index (κ2) is 7.06. The summed E-state index contributed by atoms with van der Waals surface area (Å²) in [5.74, 6) is -2.83. The highest BCUT2D eigenvalue weighted by Crippen LogP contribution is 2.17. The van der Waals surface area contributed by atoms with E-state index in [2.05, 4.69) is 5.32 Å². The summed E-state index contributed by atoms with van der Waals surface area (Å²) >= 11 is 5.68. The van der Waals surface area contributed by atoms with E-state index in [1.54, 1.807) is 0 Å². The van der Waals surface area contributed by atoms with Gasteiger partial charge in [0.25, 0.3) is 0 Å². The van der Waals surface area contributed by atoms with Crippen LogP contribution >= 0.6 is 11.6 Å². The van der Waals surface area contributed by atoms with Gasteiger partial charge in [0.1, 0.15) is 11.6 Å². The summed E-state index contributed by atoms with van der Waals surface area (Å²) in [6.07, 6.45) is -0.359. The first-order valence-electron chi connectivity index (χ1n) is 6.51. The van der Waals surface area contributed by atoms with Gasteiger partial charge in [-0.25, -0.2) is 17.2 Å². The number of sulfone groups is 1. The van der Waals surface area contributed by atoms with Gasteiger partial charge in [-0.1, -0.05) is 11.6 Å². The van der Waals surface area contributed by atoms with Crippen LogP contribution in [-0.4, -0.2) is 20.1 Å². The molecular formula is C15H12ClF2NO3S. The number of hydrogen-bond donors (Lipinski definition) is 1. The molecule has 0 unspecified atom stereocenters. The number of rotatable bonds is 5. The summed E-state index contributed by atoms with van der Waals surface area (Å²) < 4.78 is 50.3. The lowest BCUT2D eigenvalue weighted by Crippen LogP contribution is -2.18. The van der Waals surface area contributed by atoms with Crippen LogP contribution in [-0.2, 0) is 14.6 Å². The van der Waals surface area contributed by atoms with Crippen molar-refractivity contribution in [2.45, 2.75) is 11.3 Å². The second-order valence-corrected chi connectivity index (χ2v) is 7.24. The Hall–Kier alpha value is -1.99. The lowest BCUT2D eigenvalue weighted by molar-refractivity contribution is -0.115. The van der Waals surface area contributed by atoms with E-state index in [9.17, 15) is 22.0 Å². The Morgan fingerprint density at radius 2 is 1.74 bits per heavy atom. The Labute approximate surface area is 137 Å². The molecule has 0 radical (unpaired) electrons. The highest BCUT2D eigenvalue weighted by molar-refractivity contribution is 7.91. The van der Waals surface area contributed by atoms with Crippen LogP contribution in [0.4, 0.5) is 14.5 Å². The molecule has 0 aliphatic carbocycles. The smallest absolute Gasteiger partial charge is 0.225 e. The first-order chi connectivity index (χ1) is 10.8. The quantitative estimate of drug-likeness (QED) is 0.889. The standard InChI is InChI=1S/C15H12ClF2NO3S/c16-10-1-4-12(5-2-10)23(21,22)8-7-15(20)19-14-6-3-11(17)9-13(14)18/h1-6,9H,7-8H2,(H,19,20). The van der Waals surface area contributed by atoms with Gasteiger partial charge in [-0.05, 0) is 36.4 Å². The molecule has 1 N–H and O–H groups in total. The van der Waals surface area contributed by atoms with E-state index in [4.69, 9.17) is 11.6 Å². The van der Waals surface area contributed by atoms with Gasteiger partial charge in [0.2, 0.25) is 5.91 Å². The monoisotopic (exact) mass is 359 g/mol. The van der Waals surface area contributed by atoms with Crippen molar-refractivity contribution in [2.75, 3.05) is 11.1 Å². The molecule has 0 heterocycles. The summed E-state index contributed by atoms with van der Waals surface area (Å²) in [6.45, 7) is 0. The molecule has 0 atom stereocenters. The fourth-order valence-electron chi connectivity index (χ4n) is 1.79. The Morgan fingerprint density at radius 3 is 2.35 bits per heavy atom. The zero-order valence-corrected chi connectivity index (χ0v) is 13.3. The van der Waals surface area contributed by atoms with Crippen molar-refractivity contribution in [3.8, 4) is 0 Å². The Balaban J connectivity index is 1.99.